The molecule has 110 valence electrons. The van der Waals surface area contributed by atoms with Gasteiger partial charge in [-0.25, -0.2) is 0 Å². The molecule has 1 aliphatic heterocycles. The minimum absolute atomic E-state index is 0.0269. The molecule has 6 nitrogen and oxygen atoms in total. The summed E-state index contributed by atoms with van der Waals surface area (Å²) in [6.45, 7) is 8.75. The number of hydrogen-bond donors (Lipinski definition) is 4. The van der Waals surface area contributed by atoms with Gasteiger partial charge in [-0.2, -0.15) is 0 Å². The Morgan fingerprint density at radius 3 is 2.32 bits per heavy atom. The zero-order valence-electron chi connectivity index (χ0n) is 12.2. The molecule has 0 spiro atoms. The maximum Gasteiger partial charge on any atom is 0.257 e. The van der Waals surface area contributed by atoms with Crippen molar-refractivity contribution in [3.05, 3.63) is 0 Å². The number of carbonyl (C=O) groups excluding carboxylic acids is 2. The third-order valence-electron chi connectivity index (χ3n) is 3.32. The summed E-state index contributed by atoms with van der Waals surface area (Å²) in [6.07, 6.45) is -0.263. The van der Waals surface area contributed by atoms with Crippen LogP contribution in [0, 0.1) is 11.8 Å². The third kappa shape index (κ3) is 4.80. The quantitative estimate of drug-likeness (QED) is 0.558. The number of rotatable bonds is 3. The summed E-state index contributed by atoms with van der Waals surface area (Å²) in [4.78, 5) is 23.9. The summed E-state index contributed by atoms with van der Waals surface area (Å²) in [5.41, 5.74) is 5.69. The molecule has 0 aromatic heterocycles. The van der Waals surface area contributed by atoms with Gasteiger partial charge in [0.15, 0.2) is 6.17 Å². The molecule has 1 rings (SSSR count). The minimum atomic E-state index is -0.983. The Labute approximate surface area is 114 Å². The molecule has 0 aliphatic carbocycles. The normalized spacial score (nSPS) is 29.5. The number of hydrogen-bond acceptors (Lipinski definition) is 4. The van der Waals surface area contributed by atoms with Crippen LogP contribution in [0.15, 0.2) is 0 Å². The number of amides is 2. The summed E-state index contributed by atoms with van der Waals surface area (Å²) in [5.74, 6) is 0.123. The molecule has 1 heterocycles. The monoisotopic (exact) mass is 270 g/mol. The van der Waals surface area contributed by atoms with Gasteiger partial charge in [0.1, 0.15) is 0 Å². The summed E-state index contributed by atoms with van der Waals surface area (Å²) < 4.78 is 0. The number of nitrogens with one attached hydrogen (secondary N) is 3. The van der Waals surface area contributed by atoms with Crippen LogP contribution >= 0.6 is 0 Å². The summed E-state index contributed by atoms with van der Waals surface area (Å²) in [5, 5.41) is 8.64. The van der Waals surface area contributed by atoms with Gasteiger partial charge in [-0.05, 0) is 18.3 Å². The van der Waals surface area contributed by atoms with Gasteiger partial charge in [0, 0.05) is 12.6 Å². The van der Waals surface area contributed by atoms with Gasteiger partial charge in [0.2, 0.25) is 5.91 Å². The van der Waals surface area contributed by atoms with E-state index in [2.05, 4.69) is 29.8 Å². The molecule has 6 heteroatoms. The van der Waals surface area contributed by atoms with E-state index < -0.39 is 6.17 Å². The fourth-order valence-corrected chi connectivity index (χ4v) is 2.07. The van der Waals surface area contributed by atoms with Crippen LogP contribution in [-0.4, -0.2) is 36.6 Å². The molecule has 0 radical (unpaired) electrons. The lowest BCUT2D eigenvalue weighted by atomic mass is 10.0. The molecule has 0 bridgehead atoms. The van der Waals surface area contributed by atoms with Crippen molar-refractivity contribution in [3.8, 4) is 0 Å². The van der Waals surface area contributed by atoms with Crippen molar-refractivity contribution in [2.45, 2.75) is 52.4 Å². The van der Waals surface area contributed by atoms with Crippen LogP contribution in [0.1, 0.15) is 34.1 Å². The van der Waals surface area contributed by atoms with E-state index >= 15 is 0 Å². The van der Waals surface area contributed by atoms with Crippen LogP contribution in [0.25, 0.3) is 0 Å². The lowest BCUT2D eigenvalue weighted by molar-refractivity contribution is -0.129. The van der Waals surface area contributed by atoms with Gasteiger partial charge in [-0.15, -0.1) is 0 Å². The molecular formula is C13H26N4O2. The molecule has 3 unspecified atom stereocenters. The smallest absolute Gasteiger partial charge is 0.257 e. The SMILES string of the molecule is CC(C)CC1NCC(C(C)C)NC(=O)C(N)NC1=O. The molecule has 1 fully saturated rings. The van der Waals surface area contributed by atoms with Gasteiger partial charge in [0.05, 0.1) is 6.04 Å². The van der Waals surface area contributed by atoms with E-state index in [1.807, 2.05) is 13.8 Å². The van der Waals surface area contributed by atoms with Crippen LogP contribution in [-0.2, 0) is 9.59 Å². The third-order valence-corrected chi connectivity index (χ3v) is 3.32. The standard InChI is InChI=1S/C13H26N4O2/c1-7(2)5-9-12(18)17-11(14)13(19)16-10(6-15-9)8(3)4/h7-11,15H,5-6,14H2,1-4H3,(H,16,19)(H,17,18). The largest absolute Gasteiger partial charge is 0.349 e. The van der Waals surface area contributed by atoms with Crippen molar-refractivity contribution in [1.29, 1.82) is 0 Å². The first-order valence-electron chi connectivity index (χ1n) is 6.91. The Kier molecular flexibility index (Phi) is 5.75. The molecule has 0 saturated carbocycles. The molecule has 1 saturated heterocycles. The zero-order valence-corrected chi connectivity index (χ0v) is 12.2. The van der Waals surface area contributed by atoms with Gasteiger partial charge in [-0.3, -0.25) is 9.59 Å². The lowest BCUT2D eigenvalue weighted by Gasteiger charge is -2.24. The highest BCUT2D eigenvalue weighted by Crippen LogP contribution is 2.08. The second-order valence-corrected chi connectivity index (χ2v) is 5.94. The number of nitrogens with two attached hydrogens (primary N) is 1. The van der Waals surface area contributed by atoms with Crippen molar-refractivity contribution in [3.63, 3.8) is 0 Å². The Bertz CT molecular complexity index is 331. The molecule has 0 aromatic carbocycles. The van der Waals surface area contributed by atoms with Gasteiger partial charge < -0.3 is 21.7 Å². The second kappa shape index (κ2) is 6.86. The maximum atomic E-state index is 12.1. The van der Waals surface area contributed by atoms with Crippen molar-refractivity contribution in [2.24, 2.45) is 17.6 Å². The van der Waals surface area contributed by atoms with Gasteiger partial charge in [0.25, 0.3) is 5.91 Å². The highest BCUT2D eigenvalue weighted by atomic mass is 16.2. The van der Waals surface area contributed by atoms with Crippen molar-refractivity contribution in [2.75, 3.05) is 6.54 Å². The van der Waals surface area contributed by atoms with E-state index in [9.17, 15) is 9.59 Å². The molecule has 1 aliphatic rings. The average molecular weight is 270 g/mol. The molecule has 5 N–H and O–H groups in total. The van der Waals surface area contributed by atoms with Crippen molar-refractivity contribution in [1.82, 2.24) is 16.0 Å². The van der Waals surface area contributed by atoms with E-state index in [0.717, 1.165) is 6.42 Å². The Morgan fingerprint density at radius 2 is 1.79 bits per heavy atom. The average Bonchev–Trinajstić information content (AvgIpc) is 2.34. The zero-order chi connectivity index (χ0) is 14.6. The lowest BCUT2D eigenvalue weighted by Crippen LogP contribution is -2.55. The van der Waals surface area contributed by atoms with Crippen LogP contribution < -0.4 is 21.7 Å². The highest BCUT2D eigenvalue weighted by Gasteiger charge is 2.29. The van der Waals surface area contributed by atoms with Gasteiger partial charge >= 0.3 is 0 Å². The summed E-state index contributed by atoms with van der Waals surface area (Å²) in [6, 6.07) is -0.332. The first-order valence-corrected chi connectivity index (χ1v) is 6.91. The van der Waals surface area contributed by atoms with Crippen molar-refractivity contribution >= 4 is 11.8 Å². The minimum Gasteiger partial charge on any atom is -0.349 e. The predicted molar refractivity (Wildman–Crippen MR) is 74.1 cm³/mol. The molecule has 2 amide bonds. The van der Waals surface area contributed by atoms with Crippen LogP contribution in [0.3, 0.4) is 0 Å². The fourth-order valence-electron chi connectivity index (χ4n) is 2.07. The highest BCUT2D eigenvalue weighted by molar-refractivity contribution is 5.89. The maximum absolute atomic E-state index is 12.1. The topological polar surface area (TPSA) is 96.2 Å². The Balaban J connectivity index is 2.83. The number of carbonyl (C=O) groups is 2. The van der Waals surface area contributed by atoms with Gasteiger partial charge in [-0.1, -0.05) is 27.7 Å². The van der Waals surface area contributed by atoms with Crippen LogP contribution in [0.5, 0.6) is 0 Å². The summed E-state index contributed by atoms with van der Waals surface area (Å²) in [7, 11) is 0. The van der Waals surface area contributed by atoms with Crippen LogP contribution in [0.4, 0.5) is 0 Å². The molecular weight excluding hydrogens is 244 g/mol. The Morgan fingerprint density at radius 1 is 1.16 bits per heavy atom. The van der Waals surface area contributed by atoms with Crippen molar-refractivity contribution < 1.29 is 9.59 Å². The van der Waals surface area contributed by atoms with E-state index in [1.54, 1.807) is 0 Å². The molecule has 3 atom stereocenters. The second-order valence-electron chi connectivity index (χ2n) is 5.94. The van der Waals surface area contributed by atoms with E-state index in [1.165, 1.54) is 0 Å². The van der Waals surface area contributed by atoms with E-state index in [0.29, 0.717) is 12.5 Å². The summed E-state index contributed by atoms with van der Waals surface area (Å²) >= 11 is 0. The van der Waals surface area contributed by atoms with E-state index in [4.69, 9.17) is 5.73 Å². The first kappa shape index (κ1) is 15.9. The molecule has 19 heavy (non-hydrogen) atoms. The first-order chi connectivity index (χ1) is 8.81. The predicted octanol–water partition coefficient (Wildman–Crippen LogP) is -0.454. The Hall–Kier alpha value is -1.14. The molecule has 0 aromatic rings. The van der Waals surface area contributed by atoms with Crippen LogP contribution in [0.2, 0.25) is 0 Å². The van der Waals surface area contributed by atoms with E-state index in [-0.39, 0.29) is 29.8 Å². The fraction of sp³-hybridized carbons (Fsp3) is 0.846.